The highest BCUT2D eigenvalue weighted by molar-refractivity contribution is 8.15. The van der Waals surface area contributed by atoms with E-state index >= 15 is 0 Å². The van der Waals surface area contributed by atoms with Crippen molar-refractivity contribution in [1.29, 1.82) is 0 Å². The summed E-state index contributed by atoms with van der Waals surface area (Å²) in [5, 5.41) is -1.61. The molecule has 1 aliphatic carbocycles. The molecule has 0 heterocycles. The molecule has 0 bridgehead atoms. The lowest BCUT2D eigenvalue weighted by molar-refractivity contribution is -0.161. The van der Waals surface area contributed by atoms with Crippen LogP contribution in [0.1, 0.15) is 93.9 Å². The summed E-state index contributed by atoms with van der Waals surface area (Å²) in [7, 11) is 0. The molecule has 234 valence electrons. The standard InChI is InChI=1S/C28H44O11S2/c1-26(2,3)22(31)35-16-37-24(33)40-15-18(21(30)39-19-12-10-9-11-13-19)14-20(29)28(7,8)41-25(34)38-17-36-23(32)27(4,5)6/h18-19H,9-17H2,1-8H3/t18-/m0/s1. The SMILES string of the molecule is CC(C)(C)C(=O)OCOC(=O)SC[C@H](CC(=O)C(C)(C)SC(=O)OCOC(=O)C(C)(C)C)C(=O)OC1CCCCC1. The largest absolute Gasteiger partial charge is 0.462 e. The Labute approximate surface area is 250 Å². The average Bonchev–Trinajstić information content (AvgIpc) is 2.85. The van der Waals surface area contributed by atoms with E-state index in [1.54, 1.807) is 41.5 Å². The van der Waals surface area contributed by atoms with E-state index in [1.807, 2.05) is 0 Å². The van der Waals surface area contributed by atoms with Crippen LogP contribution in [0.2, 0.25) is 0 Å². The van der Waals surface area contributed by atoms with Crippen molar-refractivity contribution in [1.82, 2.24) is 0 Å². The van der Waals surface area contributed by atoms with E-state index in [4.69, 9.17) is 23.7 Å². The average molecular weight is 621 g/mol. The summed E-state index contributed by atoms with van der Waals surface area (Å²) in [5.74, 6) is -3.24. The number of thioether (sulfide) groups is 2. The van der Waals surface area contributed by atoms with Crippen molar-refractivity contribution >= 4 is 57.8 Å². The van der Waals surface area contributed by atoms with Crippen molar-refractivity contribution < 1.29 is 52.5 Å². The van der Waals surface area contributed by atoms with Gasteiger partial charge in [0.1, 0.15) is 11.9 Å². The van der Waals surface area contributed by atoms with Gasteiger partial charge in [-0.2, -0.15) is 0 Å². The van der Waals surface area contributed by atoms with Gasteiger partial charge in [0.25, 0.3) is 0 Å². The zero-order valence-corrected chi connectivity index (χ0v) is 27.0. The van der Waals surface area contributed by atoms with Gasteiger partial charge in [0, 0.05) is 12.2 Å². The van der Waals surface area contributed by atoms with E-state index in [1.165, 1.54) is 13.8 Å². The summed E-state index contributed by atoms with van der Waals surface area (Å²) in [4.78, 5) is 74.5. The van der Waals surface area contributed by atoms with Crippen LogP contribution in [0.4, 0.5) is 9.59 Å². The zero-order valence-electron chi connectivity index (χ0n) is 25.3. The Morgan fingerprint density at radius 3 is 1.68 bits per heavy atom. The Hall–Kier alpha value is -2.28. The molecule has 1 atom stereocenters. The Morgan fingerprint density at radius 2 is 1.20 bits per heavy atom. The number of carbonyl (C=O) groups is 6. The van der Waals surface area contributed by atoms with Crippen molar-refractivity contribution in [2.24, 2.45) is 16.7 Å². The third-order valence-corrected chi connectivity index (χ3v) is 7.92. The zero-order chi connectivity index (χ0) is 31.4. The van der Waals surface area contributed by atoms with E-state index < -0.39 is 69.4 Å². The number of ether oxygens (including phenoxy) is 5. The molecule has 0 radical (unpaired) electrons. The van der Waals surface area contributed by atoms with Crippen LogP contribution in [0.25, 0.3) is 0 Å². The van der Waals surface area contributed by atoms with Gasteiger partial charge in [-0.05, 0) is 105 Å². The van der Waals surface area contributed by atoms with Crippen LogP contribution in [0.5, 0.6) is 0 Å². The highest BCUT2D eigenvalue weighted by Gasteiger charge is 2.37. The Morgan fingerprint density at radius 1 is 0.707 bits per heavy atom. The second kappa shape index (κ2) is 16.4. The van der Waals surface area contributed by atoms with Crippen LogP contribution in [-0.4, -0.2) is 64.5 Å². The lowest BCUT2D eigenvalue weighted by Crippen LogP contribution is -2.35. The van der Waals surface area contributed by atoms with Crippen molar-refractivity contribution in [2.75, 3.05) is 19.3 Å². The second-order valence-electron chi connectivity index (χ2n) is 12.3. The molecule has 0 amide bonds. The molecule has 0 aromatic heterocycles. The molecule has 0 aromatic carbocycles. The number of hydrogen-bond acceptors (Lipinski definition) is 13. The van der Waals surface area contributed by atoms with Crippen molar-refractivity contribution in [3.05, 3.63) is 0 Å². The van der Waals surface area contributed by atoms with Gasteiger partial charge in [0.2, 0.25) is 13.6 Å². The first-order chi connectivity index (χ1) is 18.8. The van der Waals surface area contributed by atoms with Gasteiger partial charge < -0.3 is 23.7 Å². The first kappa shape index (κ1) is 36.7. The van der Waals surface area contributed by atoms with E-state index in [0.717, 1.165) is 32.1 Å². The quantitative estimate of drug-likeness (QED) is 0.142. The molecule has 0 N–H and O–H groups in total. The fourth-order valence-electron chi connectivity index (χ4n) is 3.32. The monoisotopic (exact) mass is 620 g/mol. The van der Waals surface area contributed by atoms with Gasteiger partial charge in [-0.25, -0.2) is 9.59 Å². The topological polar surface area (TPSA) is 149 Å². The van der Waals surface area contributed by atoms with Gasteiger partial charge in [-0.1, -0.05) is 6.42 Å². The minimum Gasteiger partial charge on any atom is -0.462 e. The molecule has 0 spiro atoms. The molecule has 1 aliphatic rings. The predicted octanol–water partition coefficient (Wildman–Crippen LogP) is 6.05. The summed E-state index contributed by atoms with van der Waals surface area (Å²) in [6, 6.07) is 0. The first-order valence-corrected chi connectivity index (χ1v) is 15.4. The van der Waals surface area contributed by atoms with E-state index in [-0.39, 0.29) is 18.3 Å². The van der Waals surface area contributed by atoms with Crippen LogP contribution >= 0.6 is 23.5 Å². The van der Waals surface area contributed by atoms with Crippen molar-refractivity contribution in [3.8, 4) is 0 Å². The molecule has 41 heavy (non-hydrogen) atoms. The number of carbonyl (C=O) groups excluding carboxylic acids is 6. The third-order valence-electron chi connectivity index (χ3n) is 5.97. The number of Topliss-reactive ketones (excluding diaryl/α,β-unsaturated/α-hetero) is 1. The van der Waals surface area contributed by atoms with Crippen LogP contribution in [0, 0.1) is 16.7 Å². The Balaban J connectivity index is 2.75. The summed E-state index contributed by atoms with van der Waals surface area (Å²) >= 11 is 1.26. The van der Waals surface area contributed by atoms with Crippen LogP contribution in [0.3, 0.4) is 0 Å². The minimum absolute atomic E-state index is 0.114. The fourth-order valence-corrected chi connectivity index (χ4v) is 4.77. The minimum atomic E-state index is -1.29. The smallest absolute Gasteiger partial charge is 0.371 e. The van der Waals surface area contributed by atoms with E-state index in [0.29, 0.717) is 23.5 Å². The maximum absolute atomic E-state index is 13.2. The maximum atomic E-state index is 13.2. The summed E-state index contributed by atoms with van der Waals surface area (Å²) in [6.45, 7) is 11.8. The highest BCUT2D eigenvalue weighted by Crippen LogP contribution is 2.32. The molecule has 1 fully saturated rings. The molecule has 1 saturated carbocycles. The lowest BCUT2D eigenvalue weighted by Gasteiger charge is -2.26. The van der Waals surface area contributed by atoms with Crippen LogP contribution < -0.4 is 0 Å². The third kappa shape index (κ3) is 14.4. The van der Waals surface area contributed by atoms with Crippen molar-refractivity contribution in [2.45, 2.75) is 105 Å². The molecule has 0 saturated heterocycles. The van der Waals surface area contributed by atoms with Gasteiger partial charge in [0.05, 0.1) is 21.5 Å². The second-order valence-corrected chi connectivity index (χ2v) is 14.8. The summed E-state index contributed by atoms with van der Waals surface area (Å²) in [6.07, 6.45) is 3.85. The van der Waals surface area contributed by atoms with Crippen LogP contribution in [-0.2, 0) is 42.9 Å². The first-order valence-electron chi connectivity index (χ1n) is 13.6. The lowest BCUT2D eigenvalue weighted by atomic mass is 9.95. The normalized spacial score (nSPS) is 15.3. The maximum Gasteiger partial charge on any atom is 0.371 e. The summed E-state index contributed by atoms with van der Waals surface area (Å²) < 4.78 is 24.1. The number of rotatable bonds is 12. The van der Waals surface area contributed by atoms with Gasteiger partial charge >= 0.3 is 28.5 Å². The number of ketones is 1. The molecule has 0 aromatic rings. The van der Waals surface area contributed by atoms with Crippen LogP contribution in [0.15, 0.2) is 0 Å². The molecular weight excluding hydrogens is 576 g/mol. The highest BCUT2D eigenvalue weighted by atomic mass is 32.2. The van der Waals surface area contributed by atoms with Gasteiger partial charge in [-0.15, -0.1) is 0 Å². The predicted molar refractivity (Wildman–Crippen MR) is 154 cm³/mol. The molecule has 0 aliphatic heterocycles. The molecule has 13 heteroatoms. The van der Waals surface area contributed by atoms with E-state index in [9.17, 15) is 28.8 Å². The molecular formula is C28H44O11S2. The van der Waals surface area contributed by atoms with E-state index in [2.05, 4.69) is 0 Å². The molecule has 1 rings (SSSR count). The number of hydrogen-bond donors (Lipinski definition) is 0. The van der Waals surface area contributed by atoms with Crippen molar-refractivity contribution in [3.63, 3.8) is 0 Å². The fraction of sp³-hybridized carbons (Fsp3) is 0.786. The number of esters is 3. The molecule has 0 unspecified atom stereocenters. The van der Waals surface area contributed by atoms with Gasteiger partial charge in [0.15, 0.2) is 0 Å². The summed E-state index contributed by atoms with van der Waals surface area (Å²) in [5.41, 5.74) is -1.53. The Bertz CT molecular complexity index is 942. The molecule has 11 nitrogen and oxygen atoms in total. The Kier molecular flexibility index (Phi) is 14.7. The van der Waals surface area contributed by atoms with Gasteiger partial charge in [-0.3, -0.25) is 19.2 Å².